The molecular formula is C29H31FN4O4. The van der Waals surface area contributed by atoms with Gasteiger partial charge in [0.05, 0.1) is 18.2 Å². The number of nitrogens with zero attached hydrogens (tertiary/aromatic N) is 2. The zero-order valence-corrected chi connectivity index (χ0v) is 21.5. The van der Waals surface area contributed by atoms with Crippen LogP contribution in [-0.4, -0.2) is 34.3 Å². The van der Waals surface area contributed by atoms with E-state index in [-0.39, 0.29) is 17.8 Å². The number of rotatable bonds is 10. The highest BCUT2D eigenvalue weighted by molar-refractivity contribution is 5.94. The molecule has 8 nitrogen and oxygen atoms in total. The summed E-state index contributed by atoms with van der Waals surface area (Å²) in [5, 5.41) is 12.5. The molecule has 0 aliphatic carbocycles. The Balaban J connectivity index is 1.41. The van der Waals surface area contributed by atoms with E-state index >= 15 is 0 Å². The lowest BCUT2D eigenvalue weighted by molar-refractivity contribution is -0.129. The average molecular weight is 519 g/mol. The number of anilines is 2. The lowest BCUT2D eigenvalue weighted by atomic mass is 10.1. The van der Waals surface area contributed by atoms with Crippen molar-refractivity contribution in [2.75, 3.05) is 12.4 Å². The molecule has 1 amide bonds. The molecule has 0 bridgehead atoms. The van der Waals surface area contributed by atoms with Gasteiger partial charge in [-0.3, -0.25) is 10.0 Å². The number of fused-ring (bicyclic) bond motifs is 1. The van der Waals surface area contributed by atoms with E-state index in [9.17, 15) is 9.18 Å². The molecule has 0 fully saturated rings. The minimum atomic E-state index is -0.350. The van der Waals surface area contributed by atoms with Crippen molar-refractivity contribution in [3.63, 3.8) is 0 Å². The molecule has 3 N–H and O–H groups in total. The Bertz CT molecular complexity index is 1400. The van der Waals surface area contributed by atoms with E-state index in [1.54, 1.807) is 31.6 Å². The van der Waals surface area contributed by atoms with Crippen LogP contribution >= 0.6 is 0 Å². The molecule has 1 aliphatic heterocycles. The third-order valence-corrected chi connectivity index (χ3v) is 6.27. The van der Waals surface area contributed by atoms with Gasteiger partial charge in [-0.1, -0.05) is 24.7 Å². The quantitative estimate of drug-likeness (QED) is 0.135. The van der Waals surface area contributed by atoms with Crippen LogP contribution < -0.4 is 15.5 Å². The molecule has 0 saturated carbocycles. The van der Waals surface area contributed by atoms with E-state index in [0.717, 1.165) is 48.7 Å². The number of hydrogen-bond donors (Lipinski definition) is 3. The van der Waals surface area contributed by atoms with Gasteiger partial charge in [0, 0.05) is 36.4 Å². The molecule has 0 radical (unpaired) electrons. The lowest BCUT2D eigenvalue weighted by Gasteiger charge is -2.15. The average Bonchev–Trinajstić information content (AvgIpc) is 3.40. The first-order chi connectivity index (χ1) is 18.5. The summed E-state index contributed by atoms with van der Waals surface area (Å²) in [5.41, 5.74) is 4.40. The largest absolute Gasteiger partial charge is 0.496 e. The van der Waals surface area contributed by atoms with Crippen molar-refractivity contribution in [2.24, 2.45) is 0 Å². The van der Waals surface area contributed by atoms with Gasteiger partial charge in [-0.25, -0.2) is 19.8 Å². The Morgan fingerprint density at radius 2 is 2.05 bits per heavy atom. The predicted molar refractivity (Wildman–Crippen MR) is 143 cm³/mol. The molecule has 4 rings (SSSR count). The summed E-state index contributed by atoms with van der Waals surface area (Å²) in [6.45, 7) is 1.72. The van der Waals surface area contributed by atoms with Gasteiger partial charge in [-0.15, -0.1) is 0 Å². The van der Waals surface area contributed by atoms with Crippen LogP contribution in [0, 0.1) is 24.6 Å². The Morgan fingerprint density at radius 3 is 2.84 bits per heavy atom. The summed E-state index contributed by atoms with van der Waals surface area (Å²) >= 11 is 0. The number of aryl methyl sites for hydroxylation is 1. The van der Waals surface area contributed by atoms with Gasteiger partial charge >= 0.3 is 0 Å². The standard InChI is InChI=1S/C29H31FN4O4/c1-19-15-20(11-13-24(19)30)33-29-22-16-23(27(37-2)17-25(22)31-18-32-29)26-14-12-21(38-26)9-7-5-3-4-6-8-10-28(35)34-36/h11,13-18,21,36H,3-6,8,10,12H2,1-2H3,(H,34,35)(H,31,32,33). The number of benzene rings is 2. The van der Waals surface area contributed by atoms with Crippen LogP contribution in [0.3, 0.4) is 0 Å². The molecule has 198 valence electrons. The number of carbonyl (C=O) groups is 1. The van der Waals surface area contributed by atoms with Gasteiger partial charge in [0.1, 0.15) is 29.5 Å². The molecule has 9 heteroatoms. The first-order valence-electron chi connectivity index (χ1n) is 12.6. The Kier molecular flexibility index (Phi) is 9.11. The number of carbonyl (C=O) groups excluding carboxylic acids is 1. The van der Waals surface area contributed by atoms with Gasteiger partial charge in [0.25, 0.3) is 0 Å². The second kappa shape index (κ2) is 12.9. The van der Waals surface area contributed by atoms with Crippen LogP contribution in [-0.2, 0) is 9.53 Å². The van der Waals surface area contributed by atoms with E-state index in [4.69, 9.17) is 14.7 Å². The lowest BCUT2D eigenvalue weighted by Crippen LogP contribution is -2.17. The number of hydrogen-bond acceptors (Lipinski definition) is 7. The molecule has 1 unspecified atom stereocenters. The smallest absolute Gasteiger partial charge is 0.243 e. The SMILES string of the molecule is COc1cc2ncnc(Nc3ccc(F)c(C)c3)c2cc1C1=CCC(C#CCCCCCCC(=O)NO)O1. The van der Waals surface area contributed by atoms with Crippen LogP contribution in [0.5, 0.6) is 5.75 Å². The van der Waals surface area contributed by atoms with Crippen LogP contribution in [0.2, 0.25) is 0 Å². The summed E-state index contributed by atoms with van der Waals surface area (Å²) in [5.74, 6) is 7.71. The summed E-state index contributed by atoms with van der Waals surface area (Å²) in [7, 11) is 1.61. The predicted octanol–water partition coefficient (Wildman–Crippen LogP) is 5.81. The van der Waals surface area contributed by atoms with Crippen molar-refractivity contribution in [3.8, 4) is 17.6 Å². The van der Waals surface area contributed by atoms with E-state index in [2.05, 4.69) is 27.1 Å². The Morgan fingerprint density at radius 1 is 1.21 bits per heavy atom. The van der Waals surface area contributed by atoms with Crippen LogP contribution in [0.15, 0.2) is 42.7 Å². The highest BCUT2D eigenvalue weighted by Gasteiger charge is 2.22. The highest BCUT2D eigenvalue weighted by atomic mass is 19.1. The fourth-order valence-electron chi connectivity index (χ4n) is 4.22. The second-order valence-electron chi connectivity index (χ2n) is 9.06. The zero-order valence-electron chi connectivity index (χ0n) is 21.5. The summed E-state index contributed by atoms with van der Waals surface area (Å²) in [4.78, 5) is 19.8. The molecule has 38 heavy (non-hydrogen) atoms. The van der Waals surface area contributed by atoms with E-state index in [0.29, 0.717) is 41.2 Å². The number of ether oxygens (including phenoxy) is 2. The first kappa shape index (κ1) is 26.9. The maximum atomic E-state index is 13.7. The number of hydroxylamine groups is 1. The molecule has 1 aromatic heterocycles. The minimum absolute atomic E-state index is 0.231. The number of methoxy groups -OCH3 is 1. The first-order valence-corrected chi connectivity index (χ1v) is 12.6. The van der Waals surface area contributed by atoms with Crippen LogP contribution in [0.4, 0.5) is 15.9 Å². The van der Waals surface area contributed by atoms with E-state index in [1.165, 1.54) is 12.4 Å². The summed E-state index contributed by atoms with van der Waals surface area (Å²) in [6.07, 6.45) is 8.61. The van der Waals surface area contributed by atoms with Gasteiger partial charge in [-0.05, 0) is 55.7 Å². The zero-order chi connectivity index (χ0) is 26.9. The molecular weight excluding hydrogens is 487 g/mol. The normalized spacial score (nSPS) is 14.3. The molecule has 2 heterocycles. The Labute approximate surface area is 221 Å². The minimum Gasteiger partial charge on any atom is -0.496 e. The van der Waals surface area contributed by atoms with Crippen molar-refractivity contribution >= 4 is 34.1 Å². The van der Waals surface area contributed by atoms with Crippen molar-refractivity contribution in [3.05, 3.63) is 59.7 Å². The highest BCUT2D eigenvalue weighted by Crippen LogP contribution is 2.37. The number of unbranched alkanes of at least 4 members (excludes halogenated alkanes) is 4. The van der Waals surface area contributed by atoms with Crippen molar-refractivity contribution in [1.29, 1.82) is 0 Å². The van der Waals surface area contributed by atoms with Crippen molar-refractivity contribution in [1.82, 2.24) is 15.4 Å². The number of nitrogens with one attached hydrogen (secondary N) is 2. The number of halogens is 1. The summed E-state index contributed by atoms with van der Waals surface area (Å²) < 4.78 is 25.5. The van der Waals surface area contributed by atoms with Crippen LogP contribution in [0.25, 0.3) is 16.7 Å². The van der Waals surface area contributed by atoms with Crippen molar-refractivity contribution in [2.45, 2.75) is 58.0 Å². The van der Waals surface area contributed by atoms with E-state index < -0.39 is 0 Å². The van der Waals surface area contributed by atoms with Gasteiger partial charge in [-0.2, -0.15) is 0 Å². The molecule has 3 aromatic rings. The van der Waals surface area contributed by atoms with Gasteiger partial charge < -0.3 is 14.8 Å². The second-order valence-corrected chi connectivity index (χ2v) is 9.06. The monoisotopic (exact) mass is 518 g/mol. The van der Waals surface area contributed by atoms with Gasteiger partial charge in [0.15, 0.2) is 6.10 Å². The molecule has 1 atom stereocenters. The number of aromatic nitrogens is 2. The van der Waals surface area contributed by atoms with E-state index in [1.807, 2.05) is 18.2 Å². The topological polar surface area (TPSA) is 106 Å². The third-order valence-electron chi connectivity index (χ3n) is 6.27. The van der Waals surface area contributed by atoms with Crippen molar-refractivity contribution < 1.29 is 23.9 Å². The van der Waals surface area contributed by atoms with Crippen LogP contribution in [0.1, 0.15) is 56.1 Å². The maximum Gasteiger partial charge on any atom is 0.243 e. The Hall–Kier alpha value is -4.16. The van der Waals surface area contributed by atoms with Gasteiger partial charge in [0.2, 0.25) is 5.91 Å². The fraction of sp³-hybridized carbons (Fsp3) is 0.345. The molecule has 2 aromatic carbocycles. The summed E-state index contributed by atoms with van der Waals surface area (Å²) in [6, 6.07) is 8.61. The fourth-order valence-corrected chi connectivity index (χ4v) is 4.22. The molecule has 0 spiro atoms. The third kappa shape index (κ3) is 6.78. The number of amides is 1. The molecule has 1 aliphatic rings. The molecule has 0 saturated heterocycles. The maximum absolute atomic E-state index is 13.7.